The van der Waals surface area contributed by atoms with Crippen molar-refractivity contribution in [2.75, 3.05) is 25.0 Å². The van der Waals surface area contributed by atoms with E-state index >= 15 is 0 Å². The molecule has 1 aliphatic heterocycles. The predicted molar refractivity (Wildman–Crippen MR) is 138 cm³/mol. The maximum Gasteiger partial charge on any atom is 0.243 e. The minimum Gasteiger partial charge on any atom is -0.450 e. The van der Waals surface area contributed by atoms with E-state index in [1.807, 2.05) is 24.3 Å². The van der Waals surface area contributed by atoms with Crippen LogP contribution in [-0.4, -0.2) is 43.9 Å². The number of sulfonamides is 1. The molecule has 0 bridgehead atoms. The number of ketones is 2. The molecular formula is C28H26N2O5S. The van der Waals surface area contributed by atoms with Gasteiger partial charge in [-0.1, -0.05) is 48.9 Å². The van der Waals surface area contributed by atoms with E-state index in [1.165, 1.54) is 28.6 Å². The smallest absolute Gasteiger partial charge is 0.243 e. The van der Waals surface area contributed by atoms with Gasteiger partial charge in [0, 0.05) is 29.6 Å². The average Bonchev–Trinajstić information content (AvgIpc) is 3.31. The standard InChI is InChI=1S/C28H26N2O5S/c31-24(20-13-15-22(16-14-20)36(33,34)30-17-7-2-8-18-30)19-29-26-23-11-5-6-12-25(23)35-28(26)27(32)21-9-3-1-4-10-21/h1,3-6,9-16,29H,2,7-8,17-19H2. The molecule has 184 valence electrons. The van der Waals surface area contributed by atoms with Crippen molar-refractivity contribution in [2.45, 2.75) is 24.2 Å². The fraction of sp³-hybridized carbons (Fsp3) is 0.214. The summed E-state index contributed by atoms with van der Waals surface area (Å²) in [5.41, 5.74) is 1.86. The van der Waals surface area contributed by atoms with Crippen LogP contribution in [0.2, 0.25) is 0 Å². The molecule has 3 aromatic carbocycles. The number of nitrogens with one attached hydrogen (secondary N) is 1. The summed E-state index contributed by atoms with van der Waals surface area (Å²) in [7, 11) is -3.56. The molecule has 7 nitrogen and oxygen atoms in total. The van der Waals surface area contributed by atoms with Crippen LogP contribution in [0.25, 0.3) is 11.0 Å². The van der Waals surface area contributed by atoms with Gasteiger partial charge in [-0.25, -0.2) is 8.42 Å². The summed E-state index contributed by atoms with van der Waals surface area (Å²) in [5, 5.41) is 3.79. The molecule has 0 aliphatic carbocycles. The number of carbonyl (C=O) groups excluding carboxylic acids is 2. The Kier molecular flexibility index (Phi) is 6.71. The van der Waals surface area contributed by atoms with E-state index in [9.17, 15) is 18.0 Å². The second-order valence-corrected chi connectivity index (χ2v) is 10.7. The molecule has 5 rings (SSSR count). The summed E-state index contributed by atoms with van der Waals surface area (Å²) in [6.07, 6.45) is 2.76. The summed E-state index contributed by atoms with van der Waals surface area (Å²) >= 11 is 0. The molecule has 36 heavy (non-hydrogen) atoms. The first kappa shape index (κ1) is 24.0. The predicted octanol–water partition coefficient (Wildman–Crippen LogP) is 5.13. The fourth-order valence-electron chi connectivity index (χ4n) is 4.44. The Morgan fingerprint density at radius 2 is 1.47 bits per heavy atom. The van der Waals surface area contributed by atoms with Gasteiger partial charge in [0.1, 0.15) is 5.58 Å². The third kappa shape index (κ3) is 4.69. The van der Waals surface area contributed by atoms with Crippen LogP contribution >= 0.6 is 0 Å². The van der Waals surface area contributed by atoms with Gasteiger partial charge in [-0.2, -0.15) is 4.31 Å². The topological polar surface area (TPSA) is 96.7 Å². The van der Waals surface area contributed by atoms with Crippen molar-refractivity contribution in [2.24, 2.45) is 0 Å². The molecular weight excluding hydrogens is 476 g/mol. The summed E-state index contributed by atoms with van der Waals surface area (Å²) in [4.78, 5) is 26.3. The van der Waals surface area contributed by atoms with Crippen molar-refractivity contribution in [3.8, 4) is 0 Å². The molecule has 1 saturated heterocycles. The lowest BCUT2D eigenvalue weighted by Crippen LogP contribution is -2.35. The summed E-state index contributed by atoms with van der Waals surface area (Å²) in [6, 6.07) is 22.1. The van der Waals surface area contributed by atoms with Crippen molar-refractivity contribution < 1.29 is 22.4 Å². The zero-order valence-electron chi connectivity index (χ0n) is 19.6. The molecule has 0 unspecified atom stereocenters. The first-order valence-electron chi connectivity index (χ1n) is 11.9. The first-order valence-corrected chi connectivity index (χ1v) is 13.4. The van der Waals surface area contributed by atoms with Crippen molar-refractivity contribution in [1.29, 1.82) is 0 Å². The minimum absolute atomic E-state index is 0.0865. The Morgan fingerprint density at radius 1 is 0.806 bits per heavy atom. The zero-order chi connectivity index (χ0) is 25.1. The number of rotatable bonds is 8. The molecule has 8 heteroatoms. The quantitative estimate of drug-likeness (QED) is 0.336. The Bertz CT molecular complexity index is 1500. The maximum atomic E-state index is 13.1. The van der Waals surface area contributed by atoms with Gasteiger partial charge in [0.25, 0.3) is 0 Å². The maximum absolute atomic E-state index is 13.1. The lowest BCUT2D eigenvalue weighted by Gasteiger charge is -2.25. The van der Waals surface area contributed by atoms with E-state index in [-0.39, 0.29) is 28.8 Å². The van der Waals surface area contributed by atoms with Gasteiger partial charge >= 0.3 is 0 Å². The van der Waals surface area contributed by atoms with Crippen LogP contribution in [0.5, 0.6) is 0 Å². The van der Waals surface area contributed by atoms with Crippen LogP contribution in [0, 0.1) is 0 Å². The number of carbonyl (C=O) groups is 2. The van der Waals surface area contributed by atoms with Crippen LogP contribution in [0.3, 0.4) is 0 Å². The number of benzene rings is 3. The highest BCUT2D eigenvalue weighted by Crippen LogP contribution is 2.32. The van der Waals surface area contributed by atoms with Gasteiger partial charge < -0.3 is 9.73 Å². The van der Waals surface area contributed by atoms with Gasteiger partial charge in [0.15, 0.2) is 11.5 Å². The molecule has 4 aromatic rings. The van der Waals surface area contributed by atoms with Crippen molar-refractivity contribution in [1.82, 2.24) is 4.31 Å². The highest BCUT2D eigenvalue weighted by atomic mass is 32.2. The molecule has 1 N–H and O–H groups in total. The van der Waals surface area contributed by atoms with Crippen LogP contribution in [0.4, 0.5) is 5.69 Å². The third-order valence-corrected chi connectivity index (χ3v) is 8.31. The number of anilines is 1. The minimum atomic E-state index is -3.56. The van der Waals surface area contributed by atoms with Crippen LogP contribution < -0.4 is 5.32 Å². The number of para-hydroxylation sites is 1. The lowest BCUT2D eigenvalue weighted by molar-refractivity contribution is 0.0997. The Morgan fingerprint density at radius 3 is 2.19 bits per heavy atom. The molecule has 2 heterocycles. The average molecular weight is 503 g/mol. The van der Waals surface area contributed by atoms with Gasteiger partial charge in [0.05, 0.1) is 17.1 Å². The number of nitrogens with zero attached hydrogens (tertiary/aromatic N) is 1. The van der Waals surface area contributed by atoms with Crippen LogP contribution in [-0.2, 0) is 10.0 Å². The van der Waals surface area contributed by atoms with Crippen molar-refractivity contribution in [3.05, 3.63) is 95.7 Å². The monoisotopic (exact) mass is 502 g/mol. The van der Waals surface area contributed by atoms with Gasteiger partial charge in [-0.15, -0.1) is 0 Å². The largest absolute Gasteiger partial charge is 0.450 e. The second kappa shape index (κ2) is 10.1. The molecule has 1 aliphatic rings. The molecule has 0 radical (unpaired) electrons. The summed E-state index contributed by atoms with van der Waals surface area (Å²) < 4.78 is 33.1. The van der Waals surface area contributed by atoms with E-state index in [4.69, 9.17) is 4.42 Å². The number of Topliss-reactive ketones (excluding diaryl/α,β-unsaturated/α-hetero) is 1. The summed E-state index contributed by atoms with van der Waals surface area (Å²) in [6.45, 7) is 0.960. The molecule has 0 spiro atoms. The Balaban J connectivity index is 1.35. The highest BCUT2D eigenvalue weighted by Gasteiger charge is 2.26. The number of hydrogen-bond donors (Lipinski definition) is 1. The first-order chi connectivity index (χ1) is 17.4. The molecule has 1 fully saturated rings. The van der Waals surface area contributed by atoms with Crippen molar-refractivity contribution in [3.63, 3.8) is 0 Å². The van der Waals surface area contributed by atoms with Crippen LogP contribution in [0.15, 0.2) is 88.2 Å². The molecule has 0 amide bonds. The van der Waals surface area contributed by atoms with E-state index in [0.29, 0.717) is 40.9 Å². The van der Waals surface area contributed by atoms with E-state index < -0.39 is 10.0 Å². The number of fused-ring (bicyclic) bond motifs is 1. The van der Waals surface area contributed by atoms with Crippen molar-refractivity contribution >= 4 is 38.2 Å². The van der Waals surface area contributed by atoms with Gasteiger partial charge in [0.2, 0.25) is 15.8 Å². The number of furan rings is 1. The van der Waals surface area contributed by atoms with E-state index in [2.05, 4.69) is 5.32 Å². The second-order valence-electron chi connectivity index (χ2n) is 8.76. The SMILES string of the molecule is O=C(CNc1c(C(=O)c2ccccc2)oc2ccccc12)c1ccc(S(=O)(=O)N2CCCCC2)cc1. The molecule has 0 saturated carbocycles. The zero-order valence-corrected chi connectivity index (χ0v) is 20.5. The van der Waals surface area contributed by atoms with E-state index in [1.54, 1.807) is 30.3 Å². The normalized spacial score (nSPS) is 14.6. The third-order valence-electron chi connectivity index (χ3n) is 6.39. The van der Waals surface area contributed by atoms with Gasteiger partial charge in [-0.05, 0) is 49.2 Å². The summed E-state index contributed by atoms with van der Waals surface area (Å²) in [5.74, 6) is -0.382. The lowest BCUT2D eigenvalue weighted by atomic mass is 10.1. The van der Waals surface area contributed by atoms with Gasteiger partial charge in [-0.3, -0.25) is 9.59 Å². The molecule has 0 atom stereocenters. The fourth-order valence-corrected chi connectivity index (χ4v) is 5.96. The van der Waals surface area contributed by atoms with Crippen LogP contribution in [0.1, 0.15) is 45.7 Å². The Hall–Kier alpha value is -3.75. The number of hydrogen-bond acceptors (Lipinski definition) is 6. The number of piperidine rings is 1. The van der Waals surface area contributed by atoms with E-state index in [0.717, 1.165) is 19.3 Å². The molecule has 1 aromatic heterocycles. The Labute approximate surface area is 209 Å². The highest BCUT2D eigenvalue weighted by molar-refractivity contribution is 7.89.